The van der Waals surface area contributed by atoms with Crippen LogP contribution in [0.4, 0.5) is 11.5 Å². The molecule has 0 aliphatic carbocycles. The van der Waals surface area contributed by atoms with Gasteiger partial charge in [0.15, 0.2) is 0 Å². The lowest BCUT2D eigenvalue weighted by Gasteiger charge is -2.06. The van der Waals surface area contributed by atoms with Gasteiger partial charge in [-0.1, -0.05) is 0 Å². The van der Waals surface area contributed by atoms with E-state index in [1.54, 1.807) is 12.4 Å². The Morgan fingerprint density at radius 1 is 1.28 bits per heavy atom. The van der Waals surface area contributed by atoms with Crippen molar-refractivity contribution in [1.29, 1.82) is 0 Å². The number of thiophene rings is 1. The van der Waals surface area contributed by atoms with Gasteiger partial charge in [0, 0.05) is 10.7 Å². The molecule has 18 heavy (non-hydrogen) atoms. The Hall–Kier alpha value is -1.24. The van der Waals surface area contributed by atoms with Gasteiger partial charge in [-0.2, -0.15) is 4.98 Å². The molecule has 1 N–H and O–H groups in total. The van der Waals surface area contributed by atoms with E-state index >= 15 is 0 Å². The minimum absolute atomic E-state index is 0.232. The van der Waals surface area contributed by atoms with Gasteiger partial charge in [0.25, 0.3) is 0 Å². The van der Waals surface area contributed by atoms with Crippen LogP contribution in [0.3, 0.4) is 0 Å². The zero-order chi connectivity index (χ0) is 12.5. The highest BCUT2D eigenvalue weighted by Gasteiger charge is 2.08. The summed E-state index contributed by atoms with van der Waals surface area (Å²) in [4.78, 5) is 13.3. The van der Waals surface area contributed by atoms with Crippen molar-refractivity contribution in [2.75, 3.05) is 5.32 Å². The molecule has 0 aromatic carbocycles. The van der Waals surface area contributed by atoms with Gasteiger partial charge in [-0.05, 0) is 45.0 Å². The molecule has 0 aliphatic rings. The number of pyridine rings is 1. The number of hydrogen-bond donors (Lipinski definition) is 1. The second-order valence-electron chi connectivity index (χ2n) is 3.50. The quantitative estimate of drug-likeness (QED) is 0.708. The smallest absolute Gasteiger partial charge is 0.225 e. The molecule has 0 atom stereocenters. The monoisotopic (exact) mass is 340 g/mol. The Kier molecular flexibility index (Phi) is 3.15. The minimum Gasteiger partial charge on any atom is -0.338 e. The molecule has 0 amide bonds. The van der Waals surface area contributed by atoms with Gasteiger partial charge >= 0.3 is 0 Å². The van der Waals surface area contributed by atoms with Crippen LogP contribution in [0.1, 0.15) is 0 Å². The highest BCUT2D eigenvalue weighted by Crippen LogP contribution is 2.28. The summed E-state index contributed by atoms with van der Waals surface area (Å²) in [7, 11) is 0. The first-order valence-corrected chi connectivity index (χ1v) is 7.06. The molecule has 0 saturated heterocycles. The molecule has 0 saturated carbocycles. The van der Waals surface area contributed by atoms with E-state index in [1.165, 1.54) is 11.3 Å². The first kappa shape index (κ1) is 11.8. The van der Waals surface area contributed by atoms with Gasteiger partial charge in [-0.25, -0.2) is 4.98 Å². The van der Waals surface area contributed by atoms with Crippen molar-refractivity contribution in [1.82, 2.24) is 15.0 Å². The van der Waals surface area contributed by atoms with Crippen LogP contribution < -0.4 is 5.32 Å². The Morgan fingerprint density at radius 3 is 3.00 bits per heavy atom. The van der Waals surface area contributed by atoms with Gasteiger partial charge in [-0.15, -0.1) is 11.3 Å². The molecule has 0 spiro atoms. The summed E-state index contributed by atoms with van der Waals surface area (Å²) in [6, 6.07) is 3.88. The van der Waals surface area contributed by atoms with Crippen LogP contribution in [0.25, 0.3) is 10.2 Å². The summed E-state index contributed by atoms with van der Waals surface area (Å²) >= 11 is 10.8. The molecule has 0 aliphatic heterocycles. The minimum atomic E-state index is 0.232. The van der Waals surface area contributed by atoms with Crippen molar-refractivity contribution in [2.24, 2.45) is 0 Å². The second-order valence-corrected chi connectivity index (χ2v) is 5.65. The van der Waals surface area contributed by atoms with Crippen molar-refractivity contribution in [3.05, 3.63) is 39.7 Å². The molecule has 0 bridgehead atoms. The molecule has 0 fully saturated rings. The summed E-state index contributed by atoms with van der Waals surface area (Å²) in [6.45, 7) is 0. The van der Waals surface area contributed by atoms with Crippen LogP contribution in [-0.2, 0) is 0 Å². The number of fused-ring (bicyclic) bond motifs is 1. The third kappa shape index (κ3) is 2.31. The van der Waals surface area contributed by atoms with Crippen molar-refractivity contribution >= 4 is 60.6 Å². The molecule has 3 aromatic rings. The first-order chi connectivity index (χ1) is 8.72. The van der Waals surface area contributed by atoms with Crippen LogP contribution in [0.2, 0.25) is 5.28 Å². The summed E-state index contributed by atoms with van der Waals surface area (Å²) in [5.41, 5.74) is 0.839. The van der Waals surface area contributed by atoms with E-state index in [2.05, 4.69) is 36.2 Å². The second kappa shape index (κ2) is 4.79. The zero-order valence-electron chi connectivity index (χ0n) is 8.89. The molecule has 4 nitrogen and oxygen atoms in total. The van der Waals surface area contributed by atoms with Crippen molar-refractivity contribution in [3.63, 3.8) is 0 Å². The van der Waals surface area contributed by atoms with Crippen molar-refractivity contribution in [2.45, 2.75) is 0 Å². The topological polar surface area (TPSA) is 50.7 Å². The molecule has 3 heterocycles. The lowest BCUT2D eigenvalue weighted by molar-refractivity contribution is 1.22. The fraction of sp³-hybridized carbons (Fsp3) is 0. The van der Waals surface area contributed by atoms with E-state index in [0.29, 0.717) is 5.82 Å². The number of hydrogen-bond acceptors (Lipinski definition) is 5. The SMILES string of the molecule is Clc1nc(Nc2cncc(Br)c2)c2ccsc2n1. The number of anilines is 2. The summed E-state index contributed by atoms with van der Waals surface area (Å²) in [5.74, 6) is 0.686. The summed E-state index contributed by atoms with van der Waals surface area (Å²) in [5, 5.41) is 6.33. The predicted molar refractivity (Wildman–Crippen MR) is 77.6 cm³/mol. The maximum absolute atomic E-state index is 5.90. The van der Waals surface area contributed by atoms with Crippen LogP contribution in [-0.4, -0.2) is 15.0 Å². The fourth-order valence-corrected chi connectivity index (χ4v) is 2.89. The van der Waals surface area contributed by atoms with E-state index in [-0.39, 0.29) is 5.28 Å². The van der Waals surface area contributed by atoms with E-state index < -0.39 is 0 Å². The molecular weight excluding hydrogens is 336 g/mol. The molecule has 0 unspecified atom stereocenters. The Bertz CT molecular complexity index is 715. The highest BCUT2D eigenvalue weighted by atomic mass is 79.9. The van der Waals surface area contributed by atoms with Crippen LogP contribution in [0.5, 0.6) is 0 Å². The third-order valence-corrected chi connectivity index (χ3v) is 3.67. The lowest BCUT2D eigenvalue weighted by atomic mass is 10.3. The van der Waals surface area contributed by atoms with Crippen LogP contribution in [0, 0.1) is 0 Å². The van der Waals surface area contributed by atoms with Gasteiger partial charge in [0.1, 0.15) is 10.6 Å². The summed E-state index contributed by atoms with van der Waals surface area (Å²) < 4.78 is 0.897. The summed E-state index contributed by atoms with van der Waals surface area (Å²) in [6.07, 6.45) is 3.44. The Labute approximate surface area is 120 Å². The zero-order valence-corrected chi connectivity index (χ0v) is 12.1. The van der Waals surface area contributed by atoms with Crippen molar-refractivity contribution in [3.8, 4) is 0 Å². The highest BCUT2D eigenvalue weighted by molar-refractivity contribution is 9.10. The first-order valence-electron chi connectivity index (χ1n) is 5.01. The Balaban J connectivity index is 2.06. The molecule has 3 rings (SSSR count). The van der Waals surface area contributed by atoms with Crippen LogP contribution >= 0.6 is 38.9 Å². The number of aromatic nitrogens is 3. The van der Waals surface area contributed by atoms with E-state index in [0.717, 1.165) is 20.4 Å². The largest absolute Gasteiger partial charge is 0.338 e. The average molecular weight is 342 g/mol. The lowest BCUT2D eigenvalue weighted by Crippen LogP contribution is -1.96. The third-order valence-electron chi connectivity index (χ3n) is 2.27. The number of nitrogens with one attached hydrogen (secondary N) is 1. The number of halogens is 2. The molecule has 90 valence electrons. The van der Waals surface area contributed by atoms with E-state index in [1.807, 2.05) is 17.5 Å². The van der Waals surface area contributed by atoms with Gasteiger partial charge in [-0.3, -0.25) is 4.98 Å². The molecule has 3 aromatic heterocycles. The van der Waals surface area contributed by atoms with Crippen LogP contribution in [0.15, 0.2) is 34.4 Å². The molecular formula is C11H6BrClN4S. The van der Waals surface area contributed by atoms with E-state index in [9.17, 15) is 0 Å². The fourth-order valence-electron chi connectivity index (χ4n) is 1.54. The standard InChI is InChI=1S/C11H6BrClN4S/c12-6-3-7(5-14-4-6)15-9-8-1-2-18-10(8)17-11(13)16-9/h1-5H,(H,15,16,17). The molecule has 0 radical (unpaired) electrons. The predicted octanol–water partition coefficient (Wildman–Crippen LogP) is 4.25. The maximum Gasteiger partial charge on any atom is 0.225 e. The van der Waals surface area contributed by atoms with Gasteiger partial charge in [0.2, 0.25) is 5.28 Å². The van der Waals surface area contributed by atoms with Crippen molar-refractivity contribution < 1.29 is 0 Å². The van der Waals surface area contributed by atoms with E-state index in [4.69, 9.17) is 11.6 Å². The molecule has 7 heteroatoms. The number of rotatable bonds is 2. The maximum atomic E-state index is 5.90. The van der Waals surface area contributed by atoms with Gasteiger partial charge in [0.05, 0.1) is 17.3 Å². The Morgan fingerprint density at radius 2 is 2.17 bits per heavy atom. The van der Waals surface area contributed by atoms with Gasteiger partial charge < -0.3 is 5.32 Å². The normalized spacial score (nSPS) is 10.8. The number of nitrogens with zero attached hydrogens (tertiary/aromatic N) is 3. The average Bonchev–Trinajstić information content (AvgIpc) is 2.77.